The Labute approximate surface area is 204 Å². The zero-order valence-corrected chi connectivity index (χ0v) is 19.8. The monoisotopic (exact) mass is 467 g/mol. The van der Waals surface area contributed by atoms with Crippen LogP contribution in [-0.2, 0) is 24.1 Å². The van der Waals surface area contributed by atoms with Gasteiger partial charge in [-0.25, -0.2) is 4.98 Å². The van der Waals surface area contributed by atoms with E-state index in [1.54, 1.807) is 6.07 Å². The molecule has 4 aromatic rings. The Morgan fingerprint density at radius 3 is 2.80 bits per heavy atom. The van der Waals surface area contributed by atoms with Crippen molar-refractivity contribution in [3.8, 4) is 5.95 Å². The molecule has 0 saturated carbocycles. The average molecular weight is 468 g/mol. The van der Waals surface area contributed by atoms with E-state index in [4.69, 9.17) is 20.4 Å². The highest BCUT2D eigenvalue weighted by Crippen LogP contribution is 2.38. The van der Waals surface area contributed by atoms with E-state index >= 15 is 0 Å². The summed E-state index contributed by atoms with van der Waals surface area (Å²) < 4.78 is 7.83. The summed E-state index contributed by atoms with van der Waals surface area (Å²) >= 11 is 0. The van der Waals surface area contributed by atoms with Crippen LogP contribution in [0.4, 0.5) is 5.82 Å². The van der Waals surface area contributed by atoms with Gasteiger partial charge in [-0.1, -0.05) is 36.4 Å². The average Bonchev–Trinajstić information content (AvgIpc) is 3.22. The van der Waals surface area contributed by atoms with E-state index < -0.39 is 5.91 Å². The van der Waals surface area contributed by atoms with E-state index in [-0.39, 0.29) is 0 Å². The summed E-state index contributed by atoms with van der Waals surface area (Å²) in [6, 6.07) is 18.0. The lowest BCUT2D eigenvalue weighted by Crippen LogP contribution is -2.35. The summed E-state index contributed by atoms with van der Waals surface area (Å²) in [5.74, 6) is 2.17. The molecule has 2 aromatic heterocycles. The van der Waals surface area contributed by atoms with Gasteiger partial charge in [0.15, 0.2) is 0 Å². The number of hydrogen-bond acceptors (Lipinski definition) is 5. The number of anilines is 1. The van der Waals surface area contributed by atoms with Crippen LogP contribution < -0.4 is 11.1 Å². The van der Waals surface area contributed by atoms with Crippen molar-refractivity contribution >= 4 is 22.6 Å². The largest absolute Gasteiger partial charge is 0.381 e. The van der Waals surface area contributed by atoms with Crippen molar-refractivity contribution in [2.75, 3.05) is 18.5 Å². The molecule has 35 heavy (non-hydrogen) atoms. The number of carbonyl (C=O) groups is 1. The van der Waals surface area contributed by atoms with Gasteiger partial charge < -0.3 is 15.8 Å². The zero-order valence-electron chi connectivity index (χ0n) is 19.8. The van der Waals surface area contributed by atoms with Crippen LogP contribution in [-0.4, -0.2) is 33.7 Å². The Kier molecular flexibility index (Phi) is 5.49. The normalized spacial score (nSPS) is 19.2. The number of rotatable bonds is 5. The first-order valence-corrected chi connectivity index (χ1v) is 12.2. The van der Waals surface area contributed by atoms with E-state index in [1.807, 2.05) is 47.9 Å². The molecule has 1 aliphatic heterocycles. The number of aromatic nitrogens is 3. The maximum atomic E-state index is 12.0. The molecule has 2 unspecified atom stereocenters. The number of primary amides is 1. The molecule has 2 aliphatic rings. The topological polar surface area (TPSA) is 95.1 Å². The van der Waals surface area contributed by atoms with Crippen molar-refractivity contribution in [2.24, 2.45) is 17.6 Å². The minimum Gasteiger partial charge on any atom is -0.381 e. The third-order valence-corrected chi connectivity index (χ3v) is 7.43. The van der Waals surface area contributed by atoms with Gasteiger partial charge in [-0.3, -0.25) is 9.36 Å². The zero-order chi connectivity index (χ0) is 23.9. The molecular formula is C28H29N5O2. The van der Waals surface area contributed by atoms with E-state index in [1.165, 1.54) is 11.1 Å². The smallest absolute Gasteiger partial charge is 0.249 e. The summed E-state index contributed by atoms with van der Waals surface area (Å²) in [5, 5.41) is 4.43. The van der Waals surface area contributed by atoms with Gasteiger partial charge in [0.05, 0.1) is 11.2 Å². The number of amides is 1. The van der Waals surface area contributed by atoms with Crippen LogP contribution >= 0.6 is 0 Å². The lowest BCUT2D eigenvalue weighted by molar-refractivity contribution is 0.0127. The highest BCUT2D eigenvalue weighted by molar-refractivity contribution is 6.06. The fourth-order valence-electron chi connectivity index (χ4n) is 5.62. The number of carbonyl (C=O) groups excluding carboxylic acids is 1. The van der Waals surface area contributed by atoms with Gasteiger partial charge in [0.25, 0.3) is 0 Å². The van der Waals surface area contributed by atoms with Crippen LogP contribution in [0.5, 0.6) is 0 Å². The first kappa shape index (κ1) is 21.8. The highest BCUT2D eigenvalue weighted by Gasteiger charge is 2.34. The van der Waals surface area contributed by atoms with Crippen molar-refractivity contribution in [3.05, 3.63) is 82.7 Å². The van der Waals surface area contributed by atoms with Crippen LogP contribution in [0.1, 0.15) is 39.3 Å². The second-order valence-corrected chi connectivity index (χ2v) is 9.65. The Balaban J connectivity index is 1.47. The third kappa shape index (κ3) is 3.96. The summed E-state index contributed by atoms with van der Waals surface area (Å²) in [4.78, 5) is 22.2. The summed E-state index contributed by atoms with van der Waals surface area (Å²) in [5.41, 5.74) is 11.5. The first-order chi connectivity index (χ1) is 17.1. The van der Waals surface area contributed by atoms with E-state index in [9.17, 15) is 4.79 Å². The van der Waals surface area contributed by atoms with Crippen molar-refractivity contribution in [1.29, 1.82) is 0 Å². The van der Waals surface area contributed by atoms with Gasteiger partial charge in [0, 0.05) is 42.0 Å². The first-order valence-electron chi connectivity index (χ1n) is 12.2. The van der Waals surface area contributed by atoms with Crippen LogP contribution in [0.2, 0.25) is 0 Å². The number of benzene rings is 2. The fraction of sp³-hybridized carbons (Fsp3) is 0.321. The molecule has 3 heterocycles. The molecule has 0 radical (unpaired) electrons. The number of nitrogens with zero attached hydrogens (tertiary/aromatic N) is 3. The van der Waals surface area contributed by atoms with Gasteiger partial charge in [-0.05, 0) is 61.8 Å². The number of nitrogens with two attached hydrogens (primary N) is 1. The number of ether oxygens (including phenoxy) is 1. The molecule has 2 aromatic carbocycles. The molecular weight excluding hydrogens is 438 g/mol. The number of fused-ring (bicyclic) bond motifs is 3. The van der Waals surface area contributed by atoms with Crippen LogP contribution in [0, 0.1) is 18.8 Å². The molecule has 0 spiro atoms. The predicted octanol–water partition coefficient (Wildman–Crippen LogP) is 4.19. The van der Waals surface area contributed by atoms with Gasteiger partial charge in [-0.15, -0.1) is 0 Å². The standard InChI is InChI=1S/C28H29N5O2/c1-17-12-22-21(26(29)34)8-5-9-25(22)33(17)28-31-24-14-19-10-11-35-16-20(19)13-23(24)27(32-28)30-15-18-6-3-2-4-7-18/h2-9,12,19-20H,10-11,13-16H2,1H3,(H2,29,34)(H,30,31,32). The van der Waals surface area contributed by atoms with Crippen molar-refractivity contribution in [3.63, 3.8) is 0 Å². The Morgan fingerprint density at radius 1 is 1.11 bits per heavy atom. The lowest BCUT2D eigenvalue weighted by Gasteiger charge is -2.36. The SMILES string of the molecule is Cc1cc2c(C(N)=O)cccc2n1-c1nc2c(c(NCc3ccccc3)n1)CC1COCCC1C2. The third-order valence-electron chi connectivity index (χ3n) is 7.43. The minimum absolute atomic E-state index is 0.435. The quantitative estimate of drug-likeness (QED) is 0.459. The van der Waals surface area contributed by atoms with E-state index in [0.717, 1.165) is 60.6 Å². The second-order valence-electron chi connectivity index (χ2n) is 9.65. The fourth-order valence-corrected chi connectivity index (χ4v) is 5.62. The van der Waals surface area contributed by atoms with Gasteiger partial charge in [0.2, 0.25) is 11.9 Å². The van der Waals surface area contributed by atoms with Gasteiger partial charge in [-0.2, -0.15) is 4.98 Å². The molecule has 1 amide bonds. The molecule has 3 N–H and O–H groups in total. The molecule has 1 saturated heterocycles. The molecule has 0 bridgehead atoms. The highest BCUT2D eigenvalue weighted by atomic mass is 16.5. The van der Waals surface area contributed by atoms with Crippen LogP contribution in [0.15, 0.2) is 54.6 Å². The predicted molar refractivity (Wildman–Crippen MR) is 136 cm³/mol. The number of aryl methyl sites for hydroxylation is 1. The maximum absolute atomic E-state index is 12.0. The molecule has 7 heteroatoms. The Hall–Kier alpha value is -3.71. The van der Waals surface area contributed by atoms with Crippen molar-refractivity contribution in [2.45, 2.75) is 32.7 Å². The summed E-state index contributed by atoms with van der Waals surface area (Å²) in [6.45, 7) is 4.33. The molecule has 178 valence electrons. The molecule has 6 rings (SSSR count). The van der Waals surface area contributed by atoms with Gasteiger partial charge in [0.1, 0.15) is 5.82 Å². The molecule has 1 fully saturated rings. The Bertz CT molecular complexity index is 1410. The number of nitrogens with one attached hydrogen (secondary N) is 1. The van der Waals surface area contributed by atoms with Crippen LogP contribution in [0.3, 0.4) is 0 Å². The molecule has 1 aliphatic carbocycles. The number of hydrogen-bond donors (Lipinski definition) is 2. The second kappa shape index (κ2) is 8.82. The van der Waals surface area contributed by atoms with E-state index in [2.05, 4.69) is 17.4 Å². The molecule has 2 atom stereocenters. The van der Waals surface area contributed by atoms with Crippen molar-refractivity contribution in [1.82, 2.24) is 14.5 Å². The van der Waals surface area contributed by atoms with E-state index in [0.29, 0.717) is 29.9 Å². The molecule has 7 nitrogen and oxygen atoms in total. The van der Waals surface area contributed by atoms with Crippen LogP contribution in [0.25, 0.3) is 16.9 Å². The summed E-state index contributed by atoms with van der Waals surface area (Å²) in [7, 11) is 0. The lowest BCUT2D eigenvalue weighted by atomic mass is 9.75. The maximum Gasteiger partial charge on any atom is 0.249 e. The van der Waals surface area contributed by atoms with Crippen molar-refractivity contribution < 1.29 is 9.53 Å². The summed E-state index contributed by atoms with van der Waals surface area (Å²) in [6.07, 6.45) is 2.93. The van der Waals surface area contributed by atoms with Gasteiger partial charge >= 0.3 is 0 Å². The Morgan fingerprint density at radius 2 is 1.97 bits per heavy atom. The minimum atomic E-state index is -0.435.